The van der Waals surface area contributed by atoms with E-state index in [4.69, 9.17) is 0 Å². The Kier molecular flexibility index (Phi) is 14.4. The van der Waals surface area contributed by atoms with Crippen molar-refractivity contribution in [3.63, 3.8) is 0 Å². The summed E-state index contributed by atoms with van der Waals surface area (Å²) in [6.07, 6.45) is 16.8. The molecule has 0 fully saturated rings. The average Bonchev–Trinajstić information content (AvgIpc) is 2.54. The minimum atomic E-state index is -0.903. The fraction of sp³-hybridized carbons (Fsp3) is 0.722. The van der Waals surface area contributed by atoms with Gasteiger partial charge in [-0.25, -0.2) is 0 Å². The minimum Gasteiger partial charge on any atom is -0.386 e. The van der Waals surface area contributed by atoms with Gasteiger partial charge in [-0.2, -0.15) is 0 Å². The Balaban J connectivity index is 3.65. The van der Waals surface area contributed by atoms with E-state index in [9.17, 15) is 20.0 Å². The second-order valence-electron chi connectivity index (χ2n) is 5.75. The lowest BCUT2D eigenvalue weighted by Gasteiger charge is -2.12. The number of aliphatic hydroxyl groups is 1. The lowest BCUT2D eigenvalue weighted by atomic mass is 10.1. The number of hydrogen-bond acceptors (Lipinski definition) is 4. The molecule has 0 heterocycles. The van der Waals surface area contributed by atoms with Crippen molar-refractivity contribution in [2.24, 2.45) is 0 Å². The zero-order valence-corrected chi connectivity index (χ0v) is 14.2. The van der Waals surface area contributed by atoms with Crippen molar-refractivity contribution < 1.29 is 14.8 Å². The Morgan fingerprint density at radius 1 is 1.00 bits per heavy atom. The van der Waals surface area contributed by atoms with Crippen LogP contribution >= 0.6 is 0 Å². The van der Waals surface area contributed by atoms with Gasteiger partial charge in [0.15, 0.2) is 0 Å². The zero-order chi connectivity index (χ0) is 17.3. The molecule has 0 saturated carbocycles. The van der Waals surface area contributed by atoms with E-state index >= 15 is 0 Å². The number of nitro groups is 1. The molecule has 0 aromatic carbocycles. The Hall–Kier alpha value is -1.49. The summed E-state index contributed by atoms with van der Waals surface area (Å²) in [5.74, 6) is 0. The molecule has 0 aliphatic rings. The summed E-state index contributed by atoms with van der Waals surface area (Å²) in [7, 11) is 0. The first-order valence-corrected chi connectivity index (χ1v) is 8.68. The molecule has 0 spiro atoms. The number of hydrogen-bond donors (Lipinski definition) is 1. The number of allylic oxidation sites excluding steroid dienone is 3. The first-order chi connectivity index (χ1) is 11.1. The van der Waals surface area contributed by atoms with E-state index in [1.807, 2.05) is 6.08 Å². The molecule has 132 valence electrons. The highest BCUT2D eigenvalue weighted by molar-refractivity contribution is 5.48. The predicted molar refractivity (Wildman–Crippen MR) is 93.0 cm³/mol. The number of aldehydes is 1. The van der Waals surface area contributed by atoms with E-state index in [1.165, 1.54) is 12.8 Å². The smallest absolute Gasteiger partial charge is 0.241 e. The highest BCUT2D eigenvalue weighted by Crippen LogP contribution is 2.09. The van der Waals surface area contributed by atoms with Gasteiger partial charge in [0.1, 0.15) is 12.4 Å². The van der Waals surface area contributed by atoms with Gasteiger partial charge in [-0.15, -0.1) is 0 Å². The fourth-order valence-electron chi connectivity index (χ4n) is 2.30. The Morgan fingerprint density at radius 2 is 1.61 bits per heavy atom. The Bertz CT molecular complexity index is 366. The number of carbonyl (C=O) groups excluding carboxylic acids is 1. The molecule has 0 aromatic rings. The van der Waals surface area contributed by atoms with E-state index in [0.29, 0.717) is 12.8 Å². The summed E-state index contributed by atoms with van der Waals surface area (Å²) in [6, 6.07) is -0.903. The van der Waals surface area contributed by atoms with Gasteiger partial charge >= 0.3 is 0 Å². The van der Waals surface area contributed by atoms with Crippen LogP contribution in [0.5, 0.6) is 0 Å². The molecule has 1 N–H and O–H groups in total. The molecule has 0 bridgehead atoms. The summed E-state index contributed by atoms with van der Waals surface area (Å²) in [5.41, 5.74) is 0. The van der Waals surface area contributed by atoms with Crippen LogP contribution in [-0.2, 0) is 4.79 Å². The first kappa shape index (κ1) is 21.5. The molecule has 0 aromatic heterocycles. The third kappa shape index (κ3) is 12.7. The first-order valence-electron chi connectivity index (χ1n) is 8.68. The highest BCUT2D eigenvalue weighted by atomic mass is 16.6. The molecule has 23 heavy (non-hydrogen) atoms. The monoisotopic (exact) mass is 325 g/mol. The molecule has 5 nitrogen and oxygen atoms in total. The third-order valence-corrected chi connectivity index (χ3v) is 3.81. The third-order valence-electron chi connectivity index (χ3n) is 3.81. The van der Waals surface area contributed by atoms with Crippen LogP contribution in [0.4, 0.5) is 0 Å². The van der Waals surface area contributed by atoms with E-state index < -0.39 is 17.1 Å². The van der Waals surface area contributed by atoms with Crippen LogP contribution in [0, 0.1) is 10.1 Å². The molecule has 0 saturated heterocycles. The average molecular weight is 325 g/mol. The van der Waals surface area contributed by atoms with Gasteiger partial charge in [-0.05, 0) is 32.1 Å². The van der Waals surface area contributed by atoms with E-state index in [-0.39, 0.29) is 6.42 Å². The van der Waals surface area contributed by atoms with Gasteiger partial charge in [0.05, 0.1) is 0 Å². The van der Waals surface area contributed by atoms with Crippen LogP contribution in [0.1, 0.15) is 71.1 Å². The van der Waals surface area contributed by atoms with Crippen molar-refractivity contribution in [3.8, 4) is 0 Å². The van der Waals surface area contributed by atoms with E-state index in [1.54, 1.807) is 13.0 Å². The summed E-state index contributed by atoms with van der Waals surface area (Å²) < 4.78 is 0. The minimum absolute atomic E-state index is 0.274. The Labute approximate surface area is 139 Å². The van der Waals surface area contributed by atoms with Gasteiger partial charge < -0.3 is 9.90 Å². The quantitative estimate of drug-likeness (QED) is 0.161. The molecular formula is C18H31NO4. The molecule has 2 atom stereocenters. The molecule has 0 rings (SSSR count). The number of carbonyl (C=O) groups is 1. The van der Waals surface area contributed by atoms with Crippen molar-refractivity contribution in [1.82, 2.24) is 0 Å². The lowest BCUT2D eigenvalue weighted by Crippen LogP contribution is -2.32. The van der Waals surface area contributed by atoms with Gasteiger partial charge in [-0.3, -0.25) is 10.1 Å². The van der Waals surface area contributed by atoms with Crippen LogP contribution in [0.2, 0.25) is 0 Å². The van der Waals surface area contributed by atoms with Gasteiger partial charge in [0.25, 0.3) is 0 Å². The van der Waals surface area contributed by atoms with Gasteiger partial charge in [0.2, 0.25) is 6.04 Å². The number of aliphatic hydroxyl groups excluding tert-OH is 1. The molecule has 0 radical (unpaired) electrons. The SMILES string of the molecule is CCC(O)C(C/C=C\C/C=C\CCCCCCCC=O)[N+](=O)[O-]. The van der Waals surface area contributed by atoms with Crippen molar-refractivity contribution in [3.05, 3.63) is 34.4 Å². The standard InChI is InChI=1S/C18H31NO4/c1-2-18(21)17(19(22)23)15-13-11-9-7-5-3-4-6-8-10-12-14-16-20/h5,7,11,13,16-18,21H,2-4,6,8-10,12,14-15H2,1H3/b7-5-,13-11-. The molecule has 5 heteroatoms. The van der Waals surface area contributed by atoms with Crippen molar-refractivity contribution in [2.75, 3.05) is 0 Å². The van der Waals surface area contributed by atoms with Crippen LogP contribution in [0.25, 0.3) is 0 Å². The predicted octanol–water partition coefficient (Wildman–Crippen LogP) is 4.22. The van der Waals surface area contributed by atoms with Gasteiger partial charge in [-0.1, -0.05) is 50.5 Å². The summed E-state index contributed by atoms with van der Waals surface area (Å²) in [5, 5.41) is 20.4. The van der Waals surface area contributed by atoms with Crippen LogP contribution in [-0.4, -0.2) is 28.5 Å². The second kappa shape index (κ2) is 15.4. The van der Waals surface area contributed by atoms with Crippen LogP contribution in [0.15, 0.2) is 24.3 Å². The summed E-state index contributed by atoms with van der Waals surface area (Å²) in [6.45, 7) is 1.75. The molecule has 0 aliphatic heterocycles. The lowest BCUT2D eigenvalue weighted by molar-refractivity contribution is -0.533. The van der Waals surface area contributed by atoms with E-state index in [2.05, 4.69) is 12.2 Å². The normalized spacial score (nSPS) is 14.3. The zero-order valence-electron chi connectivity index (χ0n) is 14.2. The number of nitrogens with zero attached hydrogens (tertiary/aromatic N) is 1. The van der Waals surface area contributed by atoms with Crippen LogP contribution < -0.4 is 0 Å². The number of unbranched alkanes of at least 4 members (excludes halogenated alkanes) is 6. The van der Waals surface area contributed by atoms with Gasteiger partial charge in [0, 0.05) is 17.8 Å². The second-order valence-corrected chi connectivity index (χ2v) is 5.75. The molecule has 0 amide bonds. The molecule has 2 unspecified atom stereocenters. The van der Waals surface area contributed by atoms with Crippen LogP contribution in [0.3, 0.4) is 0 Å². The number of rotatable bonds is 15. The Morgan fingerprint density at radius 3 is 2.22 bits per heavy atom. The fourth-order valence-corrected chi connectivity index (χ4v) is 2.30. The highest BCUT2D eigenvalue weighted by Gasteiger charge is 2.26. The topological polar surface area (TPSA) is 80.4 Å². The molecule has 0 aliphatic carbocycles. The summed E-state index contributed by atoms with van der Waals surface area (Å²) in [4.78, 5) is 20.6. The van der Waals surface area contributed by atoms with E-state index in [0.717, 1.165) is 38.4 Å². The maximum Gasteiger partial charge on any atom is 0.241 e. The van der Waals surface area contributed by atoms with Crippen molar-refractivity contribution in [1.29, 1.82) is 0 Å². The maximum absolute atomic E-state index is 10.8. The van der Waals surface area contributed by atoms with Crippen molar-refractivity contribution >= 4 is 6.29 Å². The summed E-state index contributed by atoms with van der Waals surface area (Å²) >= 11 is 0. The van der Waals surface area contributed by atoms with Crippen molar-refractivity contribution in [2.45, 2.75) is 83.3 Å². The largest absolute Gasteiger partial charge is 0.386 e. The maximum atomic E-state index is 10.8. The molecular weight excluding hydrogens is 294 g/mol.